The molecule has 0 aromatic heterocycles. The van der Waals surface area contributed by atoms with E-state index in [1.165, 1.54) is 18.0 Å². The molecule has 0 atom stereocenters. The third-order valence-electron chi connectivity index (χ3n) is 0.406. The highest BCUT2D eigenvalue weighted by atomic mass is 35.5. The van der Waals surface area contributed by atoms with Gasteiger partial charge < -0.3 is 4.74 Å². The van der Waals surface area contributed by atoms with Crippen molar-refractivity contribution >= 4 is 23.4 Å². The Balaban J connectivity index is 3.29. The Morgan fingerprint density at radius 2 is 2.43 bits per heavy atom. The van der Waals surface area contributed by atoms with E-state index in [4.69, 9.17) is 11.6 Å². The van der Waals surface area contributed by atoms with Gasteiger partial charge in [-0.3, -0.25) is 0 Å². The average molecular weight is 139 g/mol. The lowest BCUT2D eigenvalue weighted by molar-refractivity contribution is 0.338. The minimum atomic E-state index is 0.669. The van der Waals surface area contributed by atoms with Gasteiger partial charge in [-0.15, -0.1) is 11.8 Å². The van der Waals surface area contributed by atoms with Crippen LogP contribution in [0.5, 0.6) is 0 Å². The summed E-state index contributed by atoms with van der Waals surface area (Å²) in [6.45, 7) is 0. The molecule has 0 bridgehead atoms. The van der Waals surface area contributed by atoms with Crippen LogP contribution in [0.25, 0.3) is 0 Å². The Kier molecular flexibility index (Phi) is 4.45. The predicted octanol–water partition coefficient (Wildman–Crippen LogP) is 2.03. The quantitative estimate of drug-likeness (QED) is 0.540. The van der Waals surface area contributed by atoms with Gasteiger partial charge in [-0.05, 0) is 6.26 Å². The first-order valence-electron chi connectivity index (χ1n) is 1.73. The summed E-state index contributed by atoms with van der Waals surface area (Å²) in [6.07, 6.45) is 3.38. The minimum Gasteiger partial charge on any atom is -0.502 e. The van der Waals surface area contributed by atoms with Crippen molar-refractivity contribution in [3.8, 4) is 0 Å². The van der Waals surface area contributed by atoms with E-state index < -0.39 is 0 Å². The highest BCUT2D eigenvalue weighted by molar-refractivity contribution is 8.03. The lowest BCUT2D eigenvalue weighted by Gasteiger charge is -1.87. The van der Waals surface area contributed by atoms with E-state index in [-0.39, 0.29) is 0 Å². The molecule has 3 heteroatoms. The molecule has 0 aromatic rings. The van der Waals surface area contributed by atoms with E-state index in [2.05, 4.69) is 4.74 Å². The third kappa shape index (κ3) is 4.02. The highest BCUT2D eigenvalue weighted by Crippen LogP contribution is 2.14. The molecule has 0 aliphatic heterocycles. The average Bonchev–Trinajstić information content (AvgIpc) is 1.68. The van der Waals surface area contributed by atoms with Gasteiger partial charge in [0, 0.05) is 0 Å². The first-order valence-corrected chi connectivity index (χ1v) is 3.34. The minimum absolute atomic E-state index is 0.669. The van der Waals surface area contributed by atoms with Crippen LogP contribution in [0, 0.1) is 0 Å². The summed E-state index contributed by atoms with van der Waals surface area (Å²) in [5.74, 6) is 0. The Hall–Kier alpha value is 0.180. The van der Waals surface area contributed by atoms with Crippen molar-refractivity contribution in [2.75, 3.05) is 13.4 Å². The first kappa shape index (κ1) is 7.18. The number of halogens is 1. The largest absolute Gasteiger partial charge is 0.502 e. The number of hydrogen-bond acceptors (Lipinski definition) is 2. The first-order chi connectivity index (χ1) is 3.31. The summed E-state index contributed by atoms with van der Waals surface area (Å²) in [5, 5.41) is 0. The van der Waals surface area contributed by atoms with Gasteiger partial charge in [-0.25, -0.2) is 0 Å². The molecular formula is C4H7ClOS. The van der Waals surface area contributed by atoms with Gasteiger partial charge in [0.2, 0.25) is 0 Å². The van der Waals surface area contributed by atoms with E-state index in [0.29, 0.717) is 4.36 Å². The van der Waals surface area contributed by atoms with Crippen molar-refractivity contribution in [2.45, 2.75) is 0 Å². The molecule has 0 spiro atoms. The molecule has 0 heterocycles. The number of rotatable bonds is 2. The van der Waals surface area contributed by atoms with Gasteiger partial charge in [0.05, 0.1) is 7.11 Å². The maximum atomic E-state index is 5.46. The standard InChI is InChI=1S/C4H7ClOS/c1-6-3-4(5)7-2/h3H,1-2H3. The molecule has 0 unspecified atom stereocenters. The van der Waals surface area contributed by atoms with Gasteiger partial charge >= 0.3 is 0 Å². The van der Waals surface area contributed by atoms with Crippen LogP contribution < -0.4 is 0 Å². The Morgan fingerprint density at radius 1 is 1.86 bits per heavy atom. The summed E-state index contributed by atoms with van der Waals surface area (Å²) in [6, 6.07) is 0. The summed E-state index contributed by atoms with van der Waals surface area (Å²) in [4.78, 5) is 0. The SMILES string of the molecule is COC=C(Cl)SC. The van der Waals surface area contributed by atoms with Crippen LogP contribution in [-0.4, -0.2) is 13.4 Å². The second kappa shape index (κ2) is 4.34. The normalized spacial score (nSPS) is 11.6. The Bertz CT molecular complexity index is 72.1. The van der Waals surface area contributed by atoms with Crippen molar-refractivity contribution < 1.29 is 4.74 Å². The van der Waals surface area contributed by atoms with Crippen molar-refractivity contribution in [2.24, 2.45) is 0 Å². The fourth-order valence-electron chi connectivity index (χ4n) is 0.141. The molecular weight excluding hydrogens is 132 g/mol. The molecule has 0 radical (unpaired) electrons. The topological polar surface area (TPSA) is 9.23 Å². The Morgan fingerprint density at radius 3 is 2.57 bits per heavy atom. The third-order valence-corrected chi connectivity index (χ3v) is 1.44. The number of hydrogen-bond donors (Lipinski definition) is 0. The van der Waals surface area contributed by atoms with Crippen LogP contribution in [0.1, 0.15) is 0 Å². The molecule has 0 aliphatic rings. The maximum absolute atomic E-state index is 5.46. The Labute approximate surface area is 52.7 Å². The summed E-state index contributed by atoms with van der Waals surface area (Å²) in [5.41, 5.74) is 0. The lowest BCUT2D eigenvalue weighted by Crippen LogP contribution is -1.64. The van der Waals surface area contributed by atoms with Crippen molar-refractivity contribution in [1.82, 2.24) is 0 Å². The molecule has 0 amide bonds. The zero-order valence-electron chi connectivity index (χ0n) is 4.27. The number of methoxy groups -OCH3 is 1. The molecule has 1 nitrogen and oxygen atoms in total. The summed E-state index contributed by atoms with van der Waals surface area (Å²) >= 11 is 6.92. The fourth-order valence-corrected chi connectivity index (χ4v) is 0.422. The van der Waals surface area contributed by atoms with Gasteiger partial charge in [0.15, 0.2) is 0 Å². The molecule has 0 rings (SSSR count). The van der Waals surface area contributed by atoms with E-state index in [1.807, 2.05) is 6.26 Å². The molecule has 7 heavy (non-hydrogen) atoms. The van der Waals surface area contributed by atoms with E-state index in [0.717, 1.165) is 0 Å². The van der Waals surface area contributed by atoms with Crippen molar-refractivity contribution in [1.29, 1.82) is 0 Å². The van der Waals surface area contributed by atoms with Crippen LogP contribution in [0.4, 0.5) is 0 Å². The van der Waals surface area contributed by atoms with Gasteiger partial charge in [0.1, 0.15) is 10.6 Å². The van der Waals surface area contributed by atoms with Gasteiger partial charge in [-0.1, -0.05) is 11.6 Å². The van der Waals surface area contributed by atoms with E-state index in [9.17, 15) is 0 Å². The monoisotopic (exact) mass is 138 g/mol. The van der Waals surface area contributed by atoms with Crippen LogP contribution in [0.2, 0.25) is 0 Å². The van der Waals surface area contributed by atoms with Gasteiger partial charge in [0.25, 0.3) is 0 Å². The smallest absolute Gasteiger partial charge is 0.108 e. The second-order valence-corrected chi connectivity index (χ2v) is 2.34. The lowest BCUT2D eigenvalue weighted by atomic mass is 11.1. The van der Waals surface area contributed by atoms with Crippen molar-refractivity contribution in [3.05, 3.63) is 10.6 Å². The van der Waals surface area contributed by atoms with Crippen LogP contribution in [0.15, 0.2) is 10.6 Å². The van der Waals surface area contributed by atoms with Crippen LogP contribution in [-0.2, 0) is 4.74 Å². The van der Waals surface area contributed by atoms with E-state index in [1.54, 1.807) is 7.11 Å². The molecule has 0 saturated heterocycles. The molecule has 0 N–H and O–H groups in total. The molecule has 0 aliphatic carbocycles. The van der Waals surface area contributed by atoms with Crippen LogP contribution >= 0.6 is 23.4 Å². The molecule has 0 saturated carbocycles. The highest BCUT2D eigenvalue weighted by Gasteiger charge is 1.81. The summed E-state index contributed by atoms with van der Waals surface area (Å²) < 4.78 is 5.25. The molecule has 42 valence electrons. The second-order valence-electron chi connectivity index (χ2n) is 0.862. The maximum Gasteiger partial charge on any atom is 0.108 e. The van der Waals surface area contributed by atoms with Gasteiger partial charge in [-0.2, -0.15) is 0 Å². The molecule has 0 fully saturated rings. The van der Waals surface area contributed by atoms with Crippen molar-refractivity contribution in [3.63, 3.8) is 0 Å². The number of thioether (sulfide) groups is 1. The summed E-state index contributed by atoms with van der Waals surface area (Å²) in [7, 11) is 1.57. The van der Waals surface area contributed by atoms with E-state index >= 15 is 0 Å². The number of ether oxygens (including phenoxy) is 1. The van der Waals surface area contributed by atoms with Crippen LogP contribution in [0.3, 0.4) is 0 Å². The zero-order chi connectivity index (χ0) is 5.70. The predicted molar refractivity (Wildman–Crippen MR) is 34.5 cm³/mol. The molecule has 0 aromatic carbocycles. The fraction of sp³-hybridized carbons (Fsp3) is 0.500. The zero-order valence-corrected chi connectivity index (χ0v) is 5.84.